The number of para-hydroxylation sites is 2. The lowest BCUT2D eigenvalue weighted by Crippen LogP contribution is -2.47. The summed E-state index contributed by atoms with van der Waals surface area (Å²) < 4.78 is 10.8. The van der Waals surface area contributed by atoms with Crippen molar-refractivity contribution in [2.45, 2.75) is 49.8 Å². The first-order valence-electron chi connectivity index (χ1n) is 17.3. The molecule has 4 amide bonds. The number of anilines is 2. The van der Waals surface area contributed by atoms with Crippen LogP contribution in [0.3, 0.4) is 0 Å². The molecule has 0 saturated carbocycles. The van der Waals surface area contributed by atoms with E-state index in [0.29, 0.717) is 43.8 Å². The predicted octanol–water partition coefficient (Wildman–Crippen LogP) is 5.31. The van der Waals surface area contributed by atoms with Gasteiger partial charge in [-0.25, -0.2) is 9.59 Å². The van der Waals surface area contributed by atoms with Crippen LogP contribution in [0.4, 0.5) is 21.0 Å². The SMILES string of the molecule is COC(=O)NCC(=O)Nc1ccccc1CC[C@@H]1CO[C@H](CCc2ccccc2NC(=O)[C@@H](NC(=O)O)C(c2ccccc2)c2ccccc2)CN1. The Morgan fingerprint density at radius 1 is 0.788 bits per heavy atom. The Morgan fingerprint density at radius 3 is 1.90 bits per heavy atom. The molecular formula is C40H45N5O7. The Labute approximate surface area is 303 Å². The molecule has 52 heavy (non-hydrogen) atoms. The lowest BCUT2D eigenvalue weighted by Gasteiger charge is -2.31. The van der Waals surface area contributed by atoms with Gasteiger partial charge >= 0.3 is 12.2 Å². The monoisotopic (exact) mass is 707 g/mol. The van der Waals surface area contributed by atoms with Gasteiger partial charge in [0.2, 0.25) is 11.8 Å². The molecule has 1 saturated heterocycles. The number of nitrogens with one attached hydrogen (secondary N) is 5. The highest BCUT2D eigenvalue weighted by Gasteiger charge is 2.33. The Balaban J connectivity index is 1.15. The summed E-state index contributed by atoms with van der Waals surface area (Å²) >= 11 is 0. The molecule has 0 aliphatic carbocycles. The second kappa shape index (κ2) is 19.0. The topological polar surface area (TPSA) is 167 Å². The lowest BCUT2D eigenvalue weighted by molar-refractivity contribution is -0.118. The van der Waals surface area contributed by atoms with Crippen molar-refractivity contribution in [2.24, 2.45) is 0 Å². The number of morpholine rings is 1. The zero-order valence-electron chi connectivity index (χ0n) is 29.0. The summed E-state index contributed by atoms with van der Waals surface area (Å²) in [4.78, 5) is 49.5. The maximum Gasteiger partial charge on any atom is 0.407 e. The van der Waals surface area contributed by atoms with Gasteiger partial charge in [-0.1, -0.05) is 97.1 Å². The van der Waals surface area contributed by atoms with Crippen molar-refractivity contribution in [3.63, 3.8) is 0 Å². The second-order valence-electron chi connectivity index (χ2n) is 12.6. The van der Waals surface area contributed by atoms with Gasteiger partial charge in [0.15, 0.2) is 0 Å². The smallest absolute Gasteiger partial charge is 0.407 e. The van der Waals surface area contributed by atoms with E-state index in [4.69, 9.17) is 4.74 Å². The molecule has 12 heteroatoms. The number of ether oxygens (including phenoxy) is 2. The van der Waals surface area contributed by atoms with Gasteiger partial charge in [-0.15, -0.1) is 0 Å². The Hall–Kier alpha value is -5.72. The van der Waals surface area contributed by atoms with E-state index in [1.165, 1.54) is 7.11 Å². The zero-order chi connectivity index (χ0) is 36.7. The first kappa shape index (κ1) is 37.5. The van der Waals surface area contributed by atoms with Crippen molar-refractivity contribution < 1.29 is 33.8 Å². The first-order chi connectivity index (χ1) is 25.3. The van der Waals surface area contributed by atoms with Gasteiger partial charge in [-0.3, -0.25) is 9.59 Å². The molecular weight excluding hydrogens is 662 g/mol. The molecule has 0 radical (unpaired) electrons. The molecule has 6 N–H and O–H groups in total. The van der Waals surface area contributed by atoms with Crippen molar-refractivity contribution in [3.05, 3.63) is 131 Å². The molecule has 0 unspecified atom stereocenters. The minimum absolute atomic E-state index is 0.0316. The number of aryl methyl sites for hydroxylation is 2. The number of carboxylic acid groups (broad SMARTS) is 1. The molecule has 0 spiro atoms. The number of hydrogen-bond donors (Lipinski definition) is 6. The average Bonchev–Trinajstić information content (AvgIpc) is 3.17. The van der Waals surface area contributed by atoms with Gasteiger partial charge in [0.05, 0.1) is 19.8 Å². The maximum absolute atomic E-state index is 13.9. The van der Waals surface area contributed by atoms with Crippen molar-refractivity contribution in [2.75, 3.05) is 37.4 Å². The highest BCUT2D eigenvalue weighted by atomic mass is 16.5. The van der Waals surface area contributed by atoms with Gasteiger partial charge < -0.3 is 41.2 Å². The van der Waals surface area contributed by atoms with Crippen LogP contribution >= 0.6 is 0 Å². The molecule has 4 aromatic carbocycles. The molecule has 3 atom stereocenters. The van der Waals surface area contributed by atoms with Gasteiger partial charge in [-0.2, -0.15) is 0 Å². The fourth-order valence-electron chi connectivity index (χ4n) is 6.37. The third kappa shape index (κ3) is 10.9. The van der Waals surface area contributed by atoms with Gasteiger partial charge in [0, 0.05) is 29.9 Å². The fraction of sp³-hybridized carbons (Fsp3) is 0.300. The van der Waals surface area contributed by atoms with Gasteiger partial charge in [-0.05, 0) is 60.1 Å². The number of benzene rings is 4. The number of alkyl carbamates (subject to hydrolysis) is 1. The summed E-state index contributed by atoms with van der Waals surface area (Å²) in [5.41, 5.74) is 4.86. The van der Waals surface area contributed by atoms with Crippen LogP contribution < -0.4 is 26.6 Å². The van der Waals surface area contributed by atoms with E-state index in [1.807, 2.05) is 109 Å². The van der Waals surface area contributed by atoms with E-state index >= 15 is 0 Å². The Morgan fingerprint density at radius 2 is 1.35 bits per heavy atom. The molecule has 12 nitrogen and oxygen atoms in total. The Bertz CT molecular complexity index is 1740. The third-order valence-electron chi connectivity index (χ3n) is 9.02. The highest BCUT2D eigenvalue weighted by Crippen LogP contribution is 2.30. The standard InChI is InChI=1S/C40H45N5O7/c1-51-40(50)42-25-35(46)43-33-18-10-8-12-27(33)20-22-31-26-52-32(24-41-31)23-21-28-13-9-11-19-34(28)44-38(47)37(45-39(48)49)36(29-14-4-2-5-15-29)30-16-6-3-7-17-30/h2-19,31-32,36-37,41,45H,20-26H2,1H3,(H,42,50)(H,43,46)(H,44,47)(H,48,49)/t31-,32-,37+/m1/s1. The van der Waals surface area contributed by atoms with Crippen LogP contribution in [0.5, 0.6) is 0 Å². The van der Waals surface area contributed by atoms with E-state index in [2.05, 4.69) is 31.3 Å². The predicted molar refractivity (Wildman–Crippen MR) is 198 cm³/mol. The van der Waals surface area contributed by atoms with Crippen LogP contribution in [-0.4, -0.2) is 74.1 Å². The maximum atomic E-state index is 13.9. The molecule has 1 heterocycles. The number of amides is 4. The van der Waals surface area contributed by atoms with Gasteiger partial charge in [0.25, 0.3) is 0 Å². The second-order valence-corrected chi connectivity index (χ2v) is 12.6. The number of carbonyl (C=O) groups excluding carboxylic acids is 3. The molecule has 5 rings (SSSR count). The summed E-state index contributed by atoms with van der Waals surface area (Å²) in [6.45, 7) is 1.00. The number of methoxy groups -OCH3 is 1. The van der Waals surface area contributed by atoms with Gasteiger partial charge in [0.1, 0.15) is 12.6 Å². The summed E-state index contributed by atoms with van der Waals surface area (Å²) in [5, 5.41) is 24.1. The number of carbonyl (C=O) groups is 4. The molecule has 0 bridgehead atoms. The minimum Gasteiger partial charge on any atom is -0.465 e. The van der Waals surface area contributed by atoms with Crippen LogP contribution in [0.25, 0.3) is 0 Å². The van der Waals surface area contributed by atoms with Crippen LogP contribution in [0.15, 0.2) is 109 Å². The molecule has 272 valence electrons. The molecule has 0 aromatic heterocycles. The van der Waals surface area contributed by atoms with E-state index < -0.39 is 30.1 Å². The molecule has 4 aromatic rings. The van der Waals surface area contributed by atoms with Crippen molar-refractivity contribution in [1.82, 2.24) is 16.0 Å². The van der Waals surface area contributed by atoms with E-state index in [9.17, 15) is 24.3 Å². The summed E-state index contributed by atoms with van der Waals surface area (Å²) in [5.74, 6) is -1.35. The van der Waals surface area contributed by atoms with Crippen molar-refractivity contribution in [3.8, 4) is 0 Å². The number of hydrogen-bond acceptors (Lipinski definition) is 7. The van der Waals surface area contributed by atoms with E-state index in [-0.39, 0.29) is 24.6 Å². The van der Waals surface area contributed by atoms with Crippen LogP contribution in [0.1, 0.15) is 41.0 Å². The summed E-state index contributed by atoms with van der Waals surface area (Å²) in [6.07, 6.45) is 0.886. The highest BCUT2D eigenvalue weighted by molar-refractivity contribution is 5.98. The quantitative estimate of drug-likeness (QED) is 0.0967. The molecule has 1 aliphatic rings. The fourth-order valence-corrected chi connectivity index (χ4v) is 6.37. The normalized spacial score (nSPS) is 16.0. The van der Waals surface area contributed by atoms with E-state index in [0.717, 1.165) is 28.7 Å². The van der Waals surface area contributed by atoms with Crippen LogP contribution in [0.2, 0.25) is 0 Å². The lowest BCUT2D eigenvalue weighted by atomic mass is 9.84. The summed E-state index contributed by atoms with van der Waals surface area (Å²) in [7, 11) is 1.24. The summed E-state index contributed by atoms with van der Waals surface area (Å²) in [6, 6.07) is 33.0. The van der Waals surface area contributed by atoms with Crippen LogP contribution in [-0.2, 0) is 31.9 Å². The van der Waals surface area contributed by atoms with Crippen LogP contribution in [0, 0.1) is 0 Å². The largest absolute Gasteiger partial charge is 0.465 e. The van der Waals surface area contributed by atoms with Crippen molar-refractivity contribution in [1.29, 1.82) is 0 Å². The first-order valence-corrected chi connectivity index (χ1v) is 17.3. The Kier molecular flexibility index (Phi) is 13.7. The van der Waals surface area contributed by atoms with E-state index in [1.54, 1.807) is 0 Å². The van der Waals surface area contributed by atoms with Crippen molar-refractivity contribution >= 4 is 35.4 Å². The average molecular weight is 708 g/mol. The zero-order valence-corrected chi connectivity index (χ0v) is 29.0. The minimum atomic E-state index is -1.29. The number of rotatable bonds is 15. The molecule has 1 aliphatic heterocycles. The third-order valence-corrected chi connectivity index (χ3v) is 9.02. The molecule has 1 fully saturated rings.